The topological polar surface area (TPSA) is 38.9 Å². The van der Waals surface area contributed by atoms with Crippen LogP contribution in [-0.2, 0) is 0 Å². The molecule has 0 atom stereocenters. The smallest absolute Gasteiger partial charge is 0.180 e. The van der Waals surface area contributed by atoms with Crippen LogP contribution in [0.5, 0.6) is 0 Å². The normalized spacial score (nSPS) is 11.2. The van der Waals surface area contributed by atoms with Crippen molar-refractivity contribution in [3.05, 3.63) is 109 Å². The molecule has 0 N–H and O–H groups in total. The van der Waals surface area contributed by atoms with Crippen molar-refractivity contribution in [2.75, 3.05) is 0 Å². The average Bonchev–Trinajstić information content (AvgIpc) is 3.23. The molecule has 3 nitrogen and oxygen atoms in total. The van der Waals surface area contributed by atoms with Crippen LogP contribution in [0.4, 0.5) is 0 Å². The quantitative estimate of drug-likeness (QED) is 0.312. The minimum atomic E-state index is 0.694. The number of rotatable bonds is 3. The van der Waals surface area contributed by atoms with Gasteiger partial charge in [0.1, 0.15) is 16.8 Å². The monoisotopic (exact) mass is 398 g/mol. The lowest BCUT2D eigenvalue weighted by atomic mass is 10.0. The molecule has 4 aromatic carbocycles. The summed E-state index contributed by atoms with van der Waals surface area (Å²) in [6, 6.07) is 36.9. The summed E-state index contributed by atoms with van der Waals surface area (Å²) in [7, 11) is 0. The van der Waals surface area contributed by atoms with Gasteiger partial charge in [-0.15, -0.1) is 0 Å². The van der Waals surface area contributed by atoms with E-state index in [1.807, 2.05) is 60.7 Å². The Hall–Kier alpha value is -4.24. The number of benzene rings is 4. The fourth-order valence-electron chi connectivity index (χ4n) is 3.98. The number of aromatic nitrogens is 2. The van der Waals surface area contributed by atoms with Crippen LogP contribution in [0.1, 0.15) is 0 Å². The molecule has 0 aliphatic rings. The van der Waals surface area contributed by atoms with E-state index in [0.717, 1.165) is 38.9 Å². The molecule has 0 fully saturated rings. The predicted octanol–water partition coefficient (Wildman–Crippen LogP) is 7.38. The van der Waals surface area contributed by atoms with Crippen molar-refractivity contribution >= 4 is 22.1 Å². The number of furan rings is 1. The molecule has 0 saturated heterocycles. The van der Waals surface area contributed by atoms with E-state index in [-0.39, 0.29) is 0 Å². The molecule has 2 heterocycles. The molecule has 2 aromatic heterocycles. The lowest BCUT2D eigenvalue weighted by Crippen LogP contribution is -1.94. The lowest BCUT2D eigenvalue weighted by molar-refractivity contribution is 0.667. The summed E-state index contributed by atoms with van der Waals surface area (Å²) < 4.78 is 6.25. The number of nitrogens with zero attached hydrogens (tertiary/aromatic N) is 2. The molecule has 146 valence electrons. The zero-order chi connectivity index (χ0) is 20.6. The molecule has 0 unspecified atom stereocenters. The van der Waals surface area contributed by atoms with Crippen molar-refractivity contribution in [1.29, 1.82) is 0 Å². The van der Waals surface area contributed by atoms with Crippen molar-refractivity contribution < 1.29 is 4.42 Å². The Bertz CT molecular complexity index is 1520. The van der Waals surface area contributed by atoms with Crippen molar-refractivity contribution in [2.45, 2.75) is 0 Å². The molecule has 0 saturated carbocycles. The highest BCUT2D eigenvalue weighted by Gasteiger charge is 2.18. The third-order valence-electron chi connectivity index (χ3n) is 5.49. The highest BCUT2D eigenvalue weighted by molar-refractivity contribution is 6.07. The van der Waals surface area contributed by atoms with Gasteiger partial charge in [-0.1, -0.05) is 91.0 Å². The van der Waals surface area contributed by atoms with E-state index in [9.17, 15) is 0 Å². The minimum absolute atomic E-state index is 0.694. The first-order valence-corrected chi connectivity index (χ1v) is 10.3. The fourth-order valence-corrected chi connectivity index (χ4v) is 3.98. The van der Waals surface area contributed by atoms with Gasteiger partial charge in [0, 0.05) is 16.5 Å². The van der Waals surface area contributed by atoms with Gasteiger partial charge in [0.2, 0.25) is 0 Å². The average molecular weight is 398 g/mol. The van der Waals surface area contributed by atoms with Crippen LogP contribution in [0.15, 0.2) is 114 Å². The largest absolute Gasteiger partial charge is 0.452 e. The van der Waals surface area contributed by atoms with E-state index >= 15 is 0 Å². The van der Waals surface area contributed by atoms with E-state index in [4.69, 9.17) is 14.4 Å². The maximum absolute atomic E-state index is 6.25. The minimum Gasteiger partial charge on any atom is -0.452 e. The summed E-state index contributed by atoms with van der Waals surface area (Å²) in [5.74, 6) is 0.694. The first kappa shape index (κ1) is 17.6. The van der Waals surface area contributed by atoms with Crippen LogP contribution in [0.3, 0.4) is 0 Å². The second kappa shape index (κ2) is 7.22. The SMILES string of the molecule is c1ccc(-c2cccc(-c3nc(-c4ccccc4)nc4c3oc3ccccc34)c2)cc1. The molecular formula is C28H18N2O. The zero-order valence-electron chi connectivity index (χ0n) is 16.7. The Kier molecular flexibility index (Phi) is 4.10. The fraction of sp³-hybridized carbons (Fsp3) is 0. The summed E-state index contributed by atoms with van der Waals surface area (Å²) in [6.07, 6.45) is 0. The third-order valence-corrected chi connectivity index (χ3v) is 5.49. The highest BCUT2D eigenvalue weighted by atomic mass is 16.3. The molecule has 0 aliphatic carbocycles. The molecule has 0 spiro atoms. The zero-order valence-corrected chi connectivity index (χ0v) is 16.7. The number of hydrogen-bond donors (Lipinski definition) is 0. The standard InChI is InChI=1S/C28H18N2O/c1-3-10-19(11-4-1)21-14-9-15-22(18-21)25-27-26(23-16-7-8-17-24(23)31-27)30-28(29-25)20-12-5-2-6-13-20/h1-18H. The van der Waals surface area contributed by atoms with Crippen LogP contribution in [0, 0.1) is 0 Å². The Morgan fingerprint density at radius 1 is 0.516 bits per heavy atom. The maximum Gasteiger partial charge on any atom is 0.180 e. The van der Waals surface area contributed by atoms with E-state index < -0.39 is 0 Å². The van der Waals surface area contributed by atoms with E-state index in [2.05, 4.69) is 48.5 Å². The Morgan fingerprint density at radius 3 is 1.97 bits per heavy atom. The van der Waals surface area contributed by atoms with Gasteiger partial charge in [0.15, 0.2) is 11.4 Å². The summed E-state index contributed by atoms with van der Waals surface area (Å²) in [5.41, 5.74) is 7.47. The van der Waals surface area contributed by atoms with Crippen LogP contribution < -0.4 is 0 Å². The van der Waals surface area contributed by atoms with Gasteiger partial charge in [-0.2, -0.15) is 0 Å². The van der Waals surface area contributed by atoms with Crippen molar-refractivity contribution in [1.82, 2.24) is 9.97 Å². The van der Waals surface area contributed by atoms with E-state index in [1.165, 1.54) is 5.56 Å². The molecule has 3 heteroatoms. The molecule has 0 aliphatic heterocycles. The van der Waals surface area contributed by atoms with Crippen LogP contribution in [-0.4, -0.2) is 9.97 Å². The Balaban J connectivity index is 1.64. The molecule has 0 bridgehead atoms. The molecule has 0 radical (unpaired) electrons. The number of fused-ring (bicyclic) bond motifs is 3. The summed E-state index contributed by atoms with van der Waals surface area (Å²) in [4.78, 5) is 9.86. The lowest BCUT2D eigenvalue weighted by Gasteiger charge is -2.08. The van der Waals surface area contributed by atoms with Gasteiger partial charge in [0.05, 0.1) is 0 Å². The van der Waals surface area contributed by atoms with E-state index in [0.29, 0.717) is 11.4 Å². The summed E-state index contributed by atoms with van der Waals surface area (Å²) >= 11 is 0. The van der Waals surface area contributed by atoms with Gasteiger partial charge in [-0.05, 0) is 29.3 Å². The second-order valence-corrected chi connectivity index (χ2v) is 7.48. The van der Waals surface area contributed by atoms with Gasteiger partial charge >= 0.3 is 0 Å². The van der Waals surface area contributed by atoms with Gasteiger partial charge in [0.25, 0.3) is 0 Å². The first-order valence-electron chi connectivity index (χ1n) is 10.3. The molecule has 6 aromatic rings. The van der Waals surface area contributed by atoms with Crippen molar-refractivity contribution in [2.24, 2.45) is 0 Å². The van der Waals surface area contributed by atoms with Crippen molar-refractivity contribution in [3.8, 4) is 33.8 Å². The van der Waals surface area contributed by atoms with Crippen LogP contribution >= 0.6 is 0 Å². The second-order valence-electron chi connectivity index (χ2n) is 7.48. The Labute approximate surface area is 179 Å². The first-order chi connectivity index (χ1) is 15.4. The number of para-hydroxylation sites is 1. The van der Waals surface area contributed by atoms with Crippen LogP contribution in [0.2, 0.25) is 0 Å². The van der Waals surface area contributed by atoms with Crippen molar-refractivity contribution in [3.63, 3.8) is 0 Å². The number of hydrogen-bond acceptors (Lipinski definition) is 3. The molecule has 6 rings (SSSR count). The summed E-state index contributed by atoms with van der Waals surface area (Å²) in [6.45, 7) is 0. The summed E-state index contributed by atoms with van der Waals surface area (Å²) in [5, 5.41) is 0.998. The van der Waals surface area contributed by atoms with E-state index in [1.54, 1.807) is 0 Å². The van der Waals surface area contributed by atoms with Gasteiger partial charge in [-0.3, -0.25) is 0 Å². The van der Waals surface area contributed by atoms with Crippen LogP contribution in [0.25, 0.3) is 55.8 Å². The van der Waals surface area contributed by atoms with Gasteiger partial charge < -0.3 is 4.42 Å². The molecule has 0 amide bonds. The Morgan fingerprint density at radius 2 is 1.16 bits per heavy atom. The third kappa shape index (κ3) is 3.08. The highest BCUT2D eigenvalue weighted by Crippen LogP contribution is 2.36. The maximum atomic E-state index is 6.25. The molecular weight excluding hydrogens is 380 g/mol. The van der Waals surface area contributed by atoms with Gasteiger partial charge in [-0.25, -0.2) is 9.97 Å². The predicted molar refractivity (Wildman–Crippen MR) is 126 cm³/mol. The molecule has 31 heavy (non-hydrogen) atoms.